The molecule has 0 spiro atoms. The number of aryl methyl sites for hydroxylation is 1. The molecule has 2 N–H and O–H groups in total. The minimum atomic E-state index is 0.746. The van der Waals surface area contributed by atoms with E-state index in [1.54, 1.807) is 0 Å². The molecule has 0 unspecified atom stereocenters. The molecular weight excluding hydrogens is 248 g/mol. The van der Waals surface area contributed by atoms with Crippen LogP contribution < -0.4 is 10.5 Å². The third-order valence-electron chi connectivity index (χ3n) is 3.43. The van der Waals surface area contributed by atoms with Gasteiger partial charge in [-0.05, 0) is 31.5 Å². The van der Waals surface area contributed by atoms with Crippen molar-refractivity contribution in [2.24, 2.45) is 0 Å². The van der Waals surface area contributed by atoms with Crippen LogP contribution >= 0.6 is 0 Å². The van der Waals surface area contributed by atoms with E-state index in [0.717, 1.165) is 41.1 Å². The second kappa shape index (κ2) is 7.13. The normalized spacial score (nSPS) is 10.9. The van der Waals surface area contributed by atoms with Crippen LogP contribution in [0.2, 0.25) is 0 Å². The Hall–Kier alpha value is -1.77. The summed E-state index contributed by atoms with van der Waals surface area (Å²) in [6.07, 6.45) is 6.22. The second-order valence-electron chi connectivity index (χ2n) is 5.30. The predicted octanol–water partition coefficient (Wildman–Crippen LogP) is 4.47. The van der Waals surface area contributed by atoms with Crippen molar-refractivity contribution in [1.29, 1.82) is 0 Å². The van der Waals surface area contributed by atoms with Gasteiger partial charge in [0.2, 0.25) is 0 Å². The highest BCUT2D eigenvalue weighted by Gasteiger charge is 2.05. The van der Waals surface area contributed by atoms with E-state index in [0.29, 0.717) is 0 Å². The van der Waals surface area contributed by atoms with Gasteiger partial charge in [0, 0.05) is 22.8 Å². The average molecular weight is 272 g/mol. The Morgan fingerprint density at radius 3 is 2.70 bits per heavy atom. The Kier molecular flexibility index (Phi) is 5.22. The van der Waals surface area contributed by atoms with E-state index in [1.165, 1.54) is 25.7 Å². The first-order valence-corrected chi connectivity index (χ1v) is 7.50. The molecule has 0 aliphatic heterocycles. The summed E-state index contributed by atoms with van der Waals surface area (Å²) in [5.74, 6) is 0.898. The highest BCUT2D eigenvalue weighted by atomic mass is 16.5. The molecule has 0 amide bonds. The number of nitrogens with two attached hydrogens (primary N) is 1. The molecule has 3 heteroatoms. The summed E-state index contributed by atoms with van der Waals surface area (Å²) >= 11 is 0. The minimum absolute atomic E-state index is 0.746. The molecule has 0 radical (unpaired) electrons. The van der Waals surface area contributed by atoms with Crippen LogP contribution in [-0.2, 0) is 0 Å². The predicted molar refractivity (Wildman–Crippen MR) is 85.1 cm³/mol. The molecule has 0 aliphatic rings. The van der Waals surface area contributed by atoms with Gasteiger partial charge in [0.05, 0.1) is 12.1 Å². The number of ether oxygens (including phenoxy) is 1. The number of hydrogen-bond acceptors (Lipinski definition) is 3. The molecule has 2 rings (SSSR count). The molecule has 1 heterocycles. The Balaban J connectivity index is 2.03. The largest absolute Gasteiger partial charge is 0.493 e. The van der Waals surface area contributed by atoms with Crippen LogP contribution in [0.1, 0.15) is 44.7 Å². The van der Waals surface area contributed by atoms with Gasteiger partial charge >= 0.3 is 0 Å². The van der Waals surface area contributed by atoms with E-state index in [-0.39, 0.29) is 0 Å². The first-order chi connectivity index (χ1) is 9.70. The number of fused-ring (bicyclic) bond motifs is 1. The first-order valence-electron chi connectivity index (χ1n) is 7.50. The molecule has 0 bridgehead atoms. The Morgan fingerprint density at radius 2 is 1.90 bits per heavy atom. The molecule has 108 valence electrons. The summed E-state index contributed by atoms with van der Waals surface area (Å²) in [5.41, 5.74) is 8.52. The fourth-order valence-electron chi connectivity index (χ4n) is 2.35. The van der Waals surface area contributed by atoms with E-state index in [4.69, 9.17) is 10.5 Å². The number of aromatic nitrogens is 1. The standard InChI is InChI=1S/C17H24N2O/c1-3-4-5-6-7-10-20-17-11-13(2)19-16-9-8-14(18)12-15(16)17/h8-9,11-12H,3-7,10,18H2,1-2H3. The quantitative estimate of drug-likeness (QED) is 0.597. The van der Waals surface area contributed by atoms with Crippen LogP contribution in [0.15, 0.2) is 24.3 Å². The molecule has 0 fully saturated rings. The molecule has 0 saturated carbocycles. The summed E-state index contributed by atoms with van der Waals surface area (Å²) < 4.78 is 5.94. The van der Waals surface area contributed by atoms with Crippen LogP contribution in [0.25, 0.3) is 10.9 Å². The average Bonchev–Trinajstić information content (AvgIpc) is 2.43. The zero-order valence-corrected chi connectivity index (χ0v) is 12.5. The number of nitrogen functional groups attached to an aromatic ring is 1. The lowest BCUT2D eigenvalue weighted by Crippen LogP contribution is -2.00. The molecule has 2 aromatic rings. The van der Waals surface area contributed by atoms with Crippen molar-refractivity contribution in [3.63, 3.8) is 0 Å². The molecule has 0 saturated heterocycles. The SMILES string of the molecule is CCCCCCCOc1cc(C)nc2ccc(N)cc12. The minimum Gasteiger partial charge on any atom is -0.493 e. The van der Waals surface area contributed by atoms with Crippen molar-refractivity contribution in [3.05, 3.63) is 30.0 Å². The number of pyridine rings is 1. The van der Waals surface area contributed by atoms with E-state index in [1.807, 2.05) is 31.2 Å². The molecular formula is C17H24N2O. The van der Waals surface area contributed by atoms with Crippen molar-refractivity contribution in [3.8, 4) is 5.75 Å². The zero-order chi connectivity index (χ0) is 14.4. The summed E-state index contributed by atoms with van der Waals surface area (Å²) in [4.78, 5) is 4.51. The zero-order valence-electron chi connectivity index (χ0n) is 12.5. The van der Waals surface area contributed by atoms with Crippen LogP contribution in [0.3, 0.4) is 0 Å². The van der Waals surface area contributed by atoms with Gasteiger partial charge in [0.1, 0.15) is 5.75 Å². The van der Waals surface area contributed by atoms with Crippen molar-refractivity contribution in [2.75, 3.05) is 12.3 Å². The lowest BCUT2D eigenvalue weighted by Gasteiger charge is -2.10. The molecule has 1 aromatic heterocycles. The lowest BCUT2D eigenvalue weighted by molar-refractivity contribution is 0.307. The maximum absolute atomic E-state index is 5.94. The van der Waals surface area contributed by atoms with Crippen LogP contribution in [0.5, 0.6) is 5.75 Å². The van der Waals surface area contributed by atoms with Gasteiger partial charge in [0.25, 0.3) is 0 Å². The van der Waals surface area contributed by atoms with E-state index in [2.05, 4.69) is 11.9 Å². The Bertz CT molecular complexity index is 566. The van der Waals surface area contributed by atoms with Crippen molar-refractivity contribution >= 4 is 16.6 Å². The van der Waals surface area contributed by atoms with Crippen molar-refractivity contribution in [2.45, 2.75) is 46.0 Å². The van der Waals surface area contributed by atoms with Crippen LogP contribution in [-0.4, -0.2) is 11.6 Å². The first kappa shape index (κ1) is 14.6. The third kappa shape index (κ3) is 3.86. The second-order valence-corrected chi connectivity index (χ2v) is 5.30. The van der Waals surface area contributed by atoms with Gasteiger partial charge in [-0.25, -0.2) is 0 Å². The molecule has 0 atom stereocenters. The summed E-state index contributed by atoms with van der Waals surface area (Å²) in [5, 5.41) is 1.00. The van der Waals surface area contributed by atoms with E-state index >= 15 is 0 Å². The third-order valence-corrected chi connectivity index (χ3v) is 3.43. The van der Waals surface area contributed by atoms with Gasteiger partial charge in [-0.1, -0.05) is 32.6 Å². The summed E-state index contributed by atoms with van der Waals surface area (Å²) in [6.45, 7) is 4.98. The van der Waals surface area contributed by atoms with Gasteiger partial charge < -0.3 is 10.5 Å². The van der Waals surface area contributed by atoms with Gasteiger partial charge in [0.15, 0.2) is 0 Å². The Labute approximate surface area is 121 Å². The maximum Gasteiger partial charge on any atom is 0.130 e. The topological polar surface area (TPSA) is 48.1 Å². The van der Waals surface area contributed by atoms with Crippen LogP contribution in [0, 0.1) is 6.92 Å². The highest BCUT2D eigenvalue weighted by molar-refractivity contribution is 5.87. The number of unbranched alkanes of at least 4 members (excludes halogenated alkanes) is 4. The number of benzene rings is 1. The van der Waals surface area contributed by atoms with E-state index < -0.39 is 0 Å². The molecule has 3 nitrogen and oxygen atoms in total. The molecule has 20 heavy (non-hydrogen) atoms. The monoisotopic (exact) mass is 272 g/mol. The maximum atomic E-state index is 5.94. The smallest absolute Gasteiger partial charge is 0.130 e. The van der Waals surface area contributed by atoms with Crippen molar-refractivity contribution < 1.29 is 4.74 Å². The fourth-order valence-corrected chi connectivity index (χ4v) is 2.35. The fraction of sp³-hybridized carbons (Fsp3) is 0.471. The van der Waals surface area contributed by atoms with Gasteiger partial charge in [-0.15, -0.1) is 0 Å². The lowest BCUT2D eigenvalue weighted by atomic mass is 10.1. The number of hydrogen-bond donors (Lipinski definition) is 1. The molecule has 1 aromatic carbocycles. The Morgan fingerprint density at radius 1 is 1.10 bits per heavy atom. The van der Waals surface area contributed by atoms with Gasteiger partial charge in [-0.2, -0.15) is 0 Å². The highest BCUT2D eigenvalue weighted by Crippen LogP contribution is 2.27. The summed E-state index contributed by atoms with van der Waals surface area (Å²) in [7, 11) is 0. The van der Waals surface area contributed by atoms with Crippen molar-refractivity contribution in [1.82, 2.24) is 4.98 Å². The van der Waals surface area contributed by atoms with Crippen LogP contribution in [0.4, 0.5) is 5.69 Å². The van der Waals surface area contributed by atoms with E-state index in [9.17, 15) is 0 Å². The number of nitrogens with zero attached hydrogens (tertiary/aromatic N) is 1. The molecule has 0 aliphatic carbocycles. The van der Waals surface area contributed by atoms with Gasteiger partial charge in [-0.3, -0.25) is 4.98 Å². The number of anilines is 1. The number of rotatable bonds is 7. The summed E-state index contributed by atoms with van der Waals surface area (Å²) in [6, 6.07) is 7.76.